The summed E-state index contributed by atoms with van der Waals surface area (Å²) >= 11 is 0. The van der Waals surface area contributed by atoms with Crippen LogP contribution >= 0.6 is 0 Å². The molecule has 0 saturated heterocycles. The highest BCUT2D eigenvalue weighted by Crippen LogP contribution is 2.45. The van der Waals surface area contributed by atoms with Crippen LogP contribution in [0, 0.1) is 0 Å². The Kier molecular flexibility index (Phi) is 5.19. The normalized spacial score (nSPS) is 23.0. The van der Waals surface area contributed by atoms with E-state index < -0.39 is 23.6 Å². The minimum atomic E-state index is -0.853. The van der Waals surface area contributed by atoms with Crippen molar-refractivity contribution < 1.29 is 28.2 Å². The van der Waals surface area contributed by atoms with Gasteiger partial charge in [-0.3, -0.25) is 0 Å². The van der Waals surface area contributed by atoms with Gasteiger partial charge in [-0.15, -0.1) is 0 Å². The maximum atomic E-state index is 13.0. The maximum Gasteiger partial charge on any atom is 0.344 e. The predicted octanol–water partition coefficient (Wildman–Crippen LogP) is 2.14. The number of para-hydroxylation sites is 1. The van der Waals surface area contributed by atoms with Gasteiger partial charge in [0.1, 0.15) is 23.4 Å². The standard InChI is InChI=1S/C22H21NO7/c1-26-14-9-8-11(10-15(14)27-2)16-17-19(30-20(23)18(16)21(24)28-3)12-6-4-5-7-13(12)29-22(17)25/h4-10,14-16H,23H2,1-3H3/t14-,15-,16-/m0/s1. The number of hydrogen-bond acceptors (Lipinski definition) is 8. The minimum absolute atomic E-state index is 0.0224. The van der Waals surface area contributed by atoms with Crippen LogP contribution in [-0.2, 0) is 19.0 Å². The number of carbonyl (C=O) groups is 1. The molecular weight excluding hydrogens is 390 g/mol. The van der Waals surface area contributed by atoms with Crippen molar-refractivity contribution in [2.24, 2.45) is 5.73 Å². The van der Waals surface area contributed by atoms with Crippen LogP contribution in [0.1, 0.15) is 11.5 Å². The molecule has 8 heteroatoms. The lowest BCUT2D eigenvalue weighted by Gasteiger charge is -2.31. The van der Waals surface area contributed by atoms with Gasteiger partial charge < -0.3 is 29.1 Å². The lowest BCUT2D eigenvalue weighted by atomic mass is 9.80. The smallest absolute Gasteiger partial charge is 0.344 e. The molecule has 1 aromatic carbocycles. The Morgan fingerprint density at radius 1 is 1.10 bits per heavy atom. The number of methoxy groups -OCH3 is 3. The summed E-state index contributed by atoms with van der Waals surface area (Å²) in [7, 11) is 4.36. The second-order valence-electron chi connectivity index (χ2n) is 6.86. The molecule has 156 valence electrons. The zero-order valence-electron chi connectivity index (χ0n) is 16.7. The molecular formula is C22H21NO7. The van der Waals surface area contributed by atoms with Gasteiger partial charge in [0.15, 0.2) is 5.75 Å². The van der Waals surface area contributed by atoms with Crippen LogP contribution in [0.15, 0.2) is 68.7 Å². The number of nitrogens with two attached hydrogens (primary N) is 1. The molecule has 0 saturated carbocycles. The lowest BCUT2D eigenvalue weighted by Crippen LogP contribution is -2.34. The zero-order valence-corrected chi connectivity index (χ0v) is 16.7. The molecule has 0 unspecified atom stereocenters. The molecule has 2 aliphatic rings. The van der Waals surface area contributed by atoms with Crippen molar-refractivity contribution in [3.63, 3.8) is 0 Å². The summed E-state index contributed by atoms with van der Waals surface area (Å²) < 4.78 is 27.1. The number of esters is 1. The van der Waals surface area contributed by atoms with E-state index in [2.05, 4.69) is 0 Å². The third-order valence-corrected chi connectivity index (χ3v) is 5.30. The molecule has 1 aliphatic heterocycles. The fourth-order valence-electron chi connectivity index (χ4n) is 3.87. The first kappa shape index (κ1) is 19.9. The average Bonchev–Trinajstić information content (AvgIpc) is 2.77. The number of ether oxygens (including phenoxy) is 4. The van der Waals surface area contributed by atoms with Crippen molar-refractivity contribution in [1.29, 1.82) is 0 Å². The second kappa shape index (κ2) is 7.81. The Morgan fingerprint density at radius 3 is 2.53 bits per heavy atom. The van der Waals surface area contributed by atoms with E-state index >= 15 is 0 Å². The Balaban J connectivity index is 1.99. The van der Waals surface area contributed by atoms with Gasteiger partial charge in [0, 0.05) is 14.2 Å². The molecule has 0 radical (unpaired) electrons. The summed E-state index contributed by atoms with van der Waals surface area (Å²) in [6.45, 7) is 0. The molecule has 1 aromatic heterocycles. The first-order valence-corrected chi connectivity index (χ1v) is 9.27. The molecule has 2 aromatic rings. The monoisotopic (exact) mass is 411 g/mol. The predicted molar refractivity (Wildman–Crippen MR) is 108 cm³/mol. The fourth-order valence-corrected chi connectivity index (χ4v) is 3.87. The molecule has 1 aliphatic carbocycles. The molecule has 0 fully saturated rings. The van der Waals surface area contributed by atoms with Gasteiger partial charge in [0.05, 0.1) is 24.0 Å². The summed E-state index contributed by atoms with van der Waals surface area (Å²) in [6, 6.07) is 6.96. The van der Waals surface area contributed by atoms with Gasteiger partial charge >= 0.3 is 11.6 Å². The molecule has 2 N–H and O–H groups in total. The number of allylic oxidation sites excluding steroid dienone is 2. The first-order chi connectivity index (χ1) is 14.5. The summed E-state index contributed by atoms with van der Waals surface area (Å²) in [5, 5.41) is 0.572. The van der Waals surface area contributed by atoms with Crippen molar-refractivity contribution in [3.8, 4) is 5.75 Å². The van der Waals surface area contributed by atoms with Crippen LogP contribution < -0.4 is 16.1 Å². The molecule has 30 heavy (non-hydrogen) atoms. The number of rotatable bonds is 4. The Hall–Kier alpha value is -3.36. The van der Waals surface area contributed by atoms with Crippen molar-refractivity contribution in [2.45, 2.75) is 18.1 Å². The fraction of sp³-hybridized carbons (Fsp3) is 0.273. The average molecular weight is 411 g/mol. The third kappa shape index (κ3) is 3.10. The summed E-state index contributed by atoms with van der Waals surface area (Å²) in [5.74, 6) is -1.43. The highest BCUT2D eigenvalue weighted by Gasteiger charge is 2.40. The van der Waals surface area contributed by atoms with Gasteiger partial charge in [0.25, 0.3) is 0 Å². The van der Waals surface area contributed by atoms with Crippen LogP contribution in [0.25, 0.3) is 11.0 Å². The number of carbonyl (C=O) groups excluding carboxylic acids is 1. The number of hydrogen-bond donors (Lipinski definition) is 1. The van der Waals surface area contributed by atoms with Gasteiger partial charge in [-0.05, 0) is 23.8 Å². The van der Waals surface area contributed by atoms with Crippen molar-refractivity contribution in [2.75, 3.05) is 21.3 Å². The van der Waals surface area contributed by atoms with Crippen LogP contribution in [-0.4, -0.2) is 39.5 Å². The van der Waals surface area contributed by atoms with Crippen LogP contribution in [0.4, 0.5) is 0 Å². The number of benzene rings is 1. The van der Waals surface area contributed by atoms with Crippen LogP contribution in [0.5, 0.6) is 5.75 Å². The van der Waals surface area contributed by atoms with Crippen LogP contribution in [0.2, 0.25) is 0 Å². The van der Waals surface area contributed by atoms with Crippen molar-refractivity contribution in [1.82, 2.24) is 0 Å². The molecule has 8 nitrogen and oxygen atoms in total. The molecule has 0 amide bonds. The van der Waals surface area contributed by atoms with E-state index in [-0.39, 0.29) is 28.9 Å². The lowest BCUT2D eigenvalue weighted by molar-refractivity contribution is -0.136. The van der Waals surface area contributed by atoms with E-state index in [1.807, 2.05) is 0 Å². The summed E-state index contributed by atoms with van der Waals surface area (Å²) in [5.41, 5.74) is 6.69. The van der Waals surface area contributed by atoms with E-state index in [0.717, 1.165) is 0 Å². The molecule has 0 bridgehead atoms. The van der Waals surface area contributed by atoms with Gasteiger partial charge in [-0.2, -0.15) is 0 Å². The minimum Gasteiger partial charge on any atom is -0.465 e. The van der Waals surface area contributed by atoms with E-state index in [0.29, 0.717) is 16.5 Å². The highest BCUT2D eigenvalue weighted by molar-refractivity contribution is 5.94. The van der Waals surface area contributed by atoms with Crippen LogP contribution in [0.3, 0.4) is 0 Å². The quantitative estimate of drug-likeness (QED) is 0.602. The first-order valence-electron chi connectivity index (χ1n) is 9.27. The summed E-state index contributed by atoms with van der Waals surface area (Å²) in [4.78, 5) is 25.6. The van der Waals surface area contributed by atoms with Gasteiger partial charge in [-0.1, -0.05) is 24.3 Å². The van der Waals surface area contributed by atoms with E-state index in [4.69, 9.17) is 29.1 Å². The highest BCUT2D eigenvalue weighted by atomic mass is 16.5. The largest absolute Gasteiger partial charge is 0.465 e. The topological polar surface area (TPSA) is 110 Å². The molecule has 3 atom stereocenters. The Labute approximate surface area is 172 Å². The zero-order chi connectivity index (χ0) is 21.4. The van der Waals surface area contributed by atoms with Gasteiger partial charge in [0.2, 0.25) is 5.88 Å². The third-order valence-electron chi connectivity index (χ3n) is 5.30. The maximum absolute atomic E-state index is 13.0. The van der Waals surface area contributed by atoms with E-state index in [1.54, 1.807) is 56.7 Å². The SMILES string of the molecule is COC(=O)C1=C(N)Oc2c(c(=O)oc3ccccc23)[C@@H]1C1=C[C@H](OC)[C@@H](OC)C=C1. The van der Waals surface area contributed by atoms with Crippen molar-refractivity contribution >= 4 is 16.9 Å². The molecule has 0 spiro atoms. The Bertz CT molecular complexity index is 1160. The Morgan fingerprint density at radius 2 is 1.83 bits per heavy atom. The second-order valence-corrected chi connectivity index (χ2v) is 6.86. The molecule has 2 heterocycles. The van der Waals surface area contributed by atoms with E-state index in [9.17, 15) is 9.59 Å². The summed E-state index contributed by atoms with van der Waals surface area (Å²) in [6.07, 6.45) is 4.63. The molecule has 4 rings (SSSR count). The number of fused-ring (bicyclic) bond motifs is 3. The van der Waals surface area contributed by atoms with Gasteiger partial charge in [-0.25, -0.2) is 9.59 Å². The van der Waals surface area contributed by atoms with Crippen molar-refractivity contribution in [3.05, 3.63) is 75.5 Å². The van der Waals surface area contributed by atoms with E-state index in [1.165, 1.54) is 7.11 Å².